The number of nitrogens with one attached hydrogen (secondary N) is 1. The van der Waals surface area contributed by atoms with Gasteiger partial charge in [-0.05, 0) is 44.3 Å². The molecule has 0 saturated carbocycles. The summed E-state index contributed by atoms with van der Waals surface area (Å²) in [5.74, 6) is 0.951. The Morgan fingerprint density at radius 2 is 1.31 bits per heavy atom. The molecule has 0 radical (unpaired) electrons. The molecule has 3 heteroatoms. The Labute approximate surface area is 173 Å². The van der Waals surface area contributed by atoms with Crippen molar-refractivity contribution in [3.8, 4) is 22.3 Å². The van der Waals surface area contributed by atoms with E-state index in [1.54, 1.807) is 0 Å². The van der Waals surface area contributed by atoms with Gasteiger partial charge in [-0.3, -0.25) is 0 Å². The number of pyridine rings is 1. The molecule has 0 unspecified atom stereocenters. The molecule has 0 aliphatic carbocycles. The van der Waals surface area contributed by atoms with Crippen molar-refractivity contribution in [1.82, 2.24) is 9.88 Å². The Bertz CT molecular complexity index is 1070. The van der Waals surface area contributed by atoms with Crippen LogP contribution < -0.4 is 5.32 Å². The minimum Gasteiger partial charge on any atom is -0.369 e. The van der Waals surface area contributed by atoms with Crippen molar-refractivity contribution in [3.63, 3.8) is 0 Å². The van der Waals surface area contributed by atoms with E-state index >= 15 is 0 Å². The number of nitrogens with zero attached hydrogens (tertiary/aromatic N) is 2. The first-order valence-corrected chi connectivity index (χ1v) is 10.2. The third-order valence-electron chi connectivity index (χ3n) is 5.09. The average Bonchev–Trinajstić information content (AvgIpc) is 2.77. The maximum Gasteiger partial charge on any atom is 0.135 e. The first-order valence-electron chi connectivity index (χ1n) is 10.2. The molecule has 29 heavy (non-hydrogen) atoms. The summed E-state index contributed by atoms with van der Waals surface area (Å²) in [7, 11) is 4.22. The number of aromatic nitrogens is 1. The monoisotopic (exact) mass is 381 g/mol. The van der Waals surface area contributed by atoms with E-state index < -0.39 is 0 Å². The van der Waals surface area contributed by atoms with Crippen LogP contribution in [0.15, 0.2) is 84.9 Å². The summed E-state index contributed by atoms with van der Waals surface area (Å²) in [5.41, 5.74) is 5.81. The molecule has 4 rings (SSSR count). The molecule has 0 atom stereocenters. The zero-order valence-corrected chi connectivity index (χ0v) is 17.1. The summed E-state index contributed by atoms with van der Waals surface area (Å²) in [6.45, 7) is 1.93. The molecular formula is C26H27N3. The van der Waals surface area contributed by atoms with Gasteiger partial charge in [0.2, 0.25) is 0 Å². The van der Waals surface area contributed by atoms with Crippen LogP contribution in [0.4, 0.5) is 5.82 Å². The topological polar surface area (TPSA) is 28.2 Å². The number of hydrogen-bond donors (Lipinski definition) is 1. The molecule has 0 bridgehead atoms. The summed E-state index contributed by atoms with van der Waals surface area (Å²) in [6.07, 6.45) is 1.07. The van der Waals surface area contributed by atoms with E-state index in [9.17, 15) is 0 Å². The minimum absolute atomic E-state index is 0.886. The van der Waals surface area contributed by atoms with Crippen molar-refractivity contribution in [3.05, 3.63) is 84.9 Å². The average molecular weight is 382 g/mol. The van der Waals surface area contributed by atoms with Crippen molar-refractivity contribution in [2.75, 3.05) is 32.5 Å². The molecule has 4 aromatic rings. The Morgan fingerprint density at radius 3 is 1.97 bits per heavy atom. The maximum absolute atomic E-state index is 5.03. The molecular weight excluding hydrogens is 354 g/mol. The van der Waals surface area contributed by atoms with Crippen LogP contribution in [0.25, 0.3) is 33.2 Å². The highest BCUT2D eigenvalue weighted by atomic mass is 15.1. The second-order valence-electron chi connectivity index (χ2n) is 7.54. The van der Waals surface area contributed by atoms with Crippen molar-refractivity contribution < 1.29 is 0 Å². The lowest BCUT2D eigenvalue weighted by Crippen LogP contribution is -2.17. The summed E-state index contributed by atoms with van der Waals surface area (Å²) in [6, 6.07) is 29.6. The summed E-state index contributed by atoms with van der Waals surface area (Å²) in [4.78, 5) is 7.24. The molecule has 0 spiro atoms. The first-order chi connectivity index (χ1) is 14.2. The number of anilines is 1. The normalized spacial score (nSPS) is 11.1. The van der Waals surface area contributed by atoms with Crippen molar-refractivity contribution in [1.29, 1.82) is 0 Å². The Morgan fingerprint density at radius 1 is 0.724 bits per heavy atom. The number of para-hydroxylation sites is 1. The van der Waals surface area contributed by atoms with Gasteiger partial charge in [-0.25, -0.2) is 4.98 Å². The summed E-state index contributed by atoms with van der Waals surface area (Å²) >= 11 is 0. The predicted octanol–water partition coefficient (Wildman–Crippen LogP) is 5.93. The van der Waals surface area contributed by atoms with Gasteiger partial charge in [0.05, 0.1) is 5.52 Å². The summed E-state index contributed by atoms with van der Waals surface area (Å²) in [5, 5.41) is 4.81. The highest BCUT2D eigenvalue weighted by Gasteiger charge is 2.17. The van der Waals surface area contributed by atoms with E-state index in [0.717, 1.165) is 30.8 Å². The van der Waals surface area contributed by atoms with Gasteiger partial charge in [-0.1, -0.05) is 78.9 Å². The number of benzene rings is 3. The lowest BCUT2D eigenvalue weighted by molar-refractivity contribution is 0.405. The van der Waals surface area contributed by atoms with E-state index in [0.29, 0.717) is 0 Å². The van der Waals surface area contributed by atoms with Crippen LogP contribution in [-0.2, 0) is 0 Å². The van der Waals surface area contributed by atoms with Crippen LogP contribution in [0.1, 0.15) is 6.42 Å². The predicted molar refractivity (Wildman–Crippen MR) is 124 cm³/mol. The molecule has 1 aromatic heterocycles. The second-order valence-corrected chi connectivity index (χ2v) is 7.54. The van der Waals surface area contributed by atoms with Crippen LogP contribution in [0, 0.1) is 0 Å². The molecule has 0 fully saturated rings. The largest absolute Gasteiger partial charge is 0.369 e. The van der Waals surface area contributed by atoms with E-state index in [2.05, 4.69) is 109 Å². The van der Waals surface area contributed by atoms with Gasteiger partial charge in [0.1, 0.15) is 5.82 Å². The van der Waals surface area contributed by atoms with Gasteiger partial charge in [-0.15, -0.1) is 0 Å². The van der Waals surface area contributed by atoms with Gasteiger partial charge < -0.3 is 10.2 Å². The SMILES string of the molecule is CN(C)CCCNc1nc2ccccc2c(-c2ccccc2)c1-c1ccccc1. The molecule has 3 aromatic carbocycles. The molecule has 0 saturated heterocycles. The number of fused-ring (bicyclic) bond motifs is 1. The zero-order valence-electron chi connectivity index (χ0n) is 17.1. The Kier molecular flexibility index (Phi) is 5.87. The van der Waals surface area contributed by atoms with Crippen molar-refractivity contribution >= 4 is 16.7 Å². The fraction of sp³-hybridized carbons (Fsp3) is 0.192. The van der Waals surface area contributed by atoms with Gasteiger partial charge in [0, 0.05) is 23.1 Å². The maximum atomic E-state index is 5.03. The van der Waals surface area contributed by atoms with E-state index in [1.807, 2.05) is 0 Å². The van der Waals surface area contributed by atoms with Gasteiger partial charge in [-0.2, -0.15) is 0 Å². The quantitative estimate of drug-likeness (QED) is 0.402. The lowest BCUT2D eigenvalue weighted by atomic mass is 9.91. The molecule has 3 nitrogen and oxygen atoms in total. The standard InChI is InChI=1S/C26H27N3/c1-29(2)19-11-18-27-26-25(21-14-7-4-8-15-21)24(20-12-5-3-6-13-20)22-16-9-10-17-23(22)28-26/h3-10,12-17H,11,18-19H2,1-2H3,(H,27,28). The number of rotatable bonds is 7. The Balaban J connectivity index is 1.91. The molecule has 0 aliphatic rings. The van der Waals surface area contributed by atoms with Gasteiger partial charge in [0.25, 0.3) is 0 Å². The second kappa shape index (κ2) is 8.89. The highest BCUT2D eigenvalue weighted by Crippen LogP contribution is 2.41. The minimum atomic E-state index is 0.886. The van der Waals surface area contributed by atoms with Crippen molar-refractivity contribution in [2.45, 2.75) is 6.42 Å². The third kappa shape index (κ3) is 4.30. The first kappa shape index (κ1) is 19.2. The fourth-order valence-corrected chi connectivity index (χ4v) is 3.73. The van der Waals surface area contributed by atoms with Crippen LogP contribution in [0.3, 0.4) is 0 Å². The zero-order chi connectivity index (χ0) is 20.1. The van der Waals surface area contributed by atoms with Crippen LogP contribution in [0.2, 0.25) is 0 Å². The fourth-order valence-electron chi connectivity index (χ4n) is 3.73. The third-order valence-corrected chi connectivity index (χ3v) is 5.09. The Hall–Kier alpha value is -3.17. The van der Waals surface area contributed by atoms with Crippen LogP contribution in [0.5, 0.6) is 0 Å². The van der Waals surface area contributed by atoms with E-state index in [-0.39, 0.29) is 0 Å². The molecule has 0 amide bonds. The highest BCUT2D eigenvalue weighted by molar-refractivity contribution is 6.06. The summed E-state index contributed by atoms with van der Waals surface area (Å²) < 4.78 is 0. The molecule has 146 valence electrons. The molecule has 0 aliphatic heterocycles. The van der Waals surface area contributed by atoms with Crippen LogP contribution in [-0.4, -0.2) is 37.1 Å². The van der Waals surface area contributed by atoms with E-state index in [1.165, 1.54) is 27.6 Å². The lowest BCUT2D eigenvalue weighted by Gasteiger charge is -2.19. The van der Waals surface area contributed by atoms with Gasteiger partial charge >= 0.3 is 0 Å². The molecule has 1 heterocycles. The smallest absolute Gasteiger partial charge is 0.135 e. The van der Waals surface area contributed by atoms with Crippen LogP contribution >= 0.6 is 0 Å². The molecule has 1 N–H and O–H groups in total. The van der Waals surface area contributed by atoms with E-state index in [4.69, 9.17) is 4.98 Å². The van der Waals surface area contributed by atoms with Gasteiger partial charge in [0.15, 0.2) is 0 Å². The number of hydrogen-bond acceptors (Lipinski definition) is 3. The van der Waals surface area contributed by atoms with Crippen molar-refractivity contribution in [2.24, 2.45) is 0 Å².